The summed E-state index contributed by atoms with van der Waals surface area (Å²) >= 11 is 0. The van der Waals surface area contributed by atoms with Crippen LogP contribution in [0.5, 0.6) is 0 Å². The normalized spacial score (nSPS) is 13.2. The molecule has 2 heteroatoms. The molecule has 236 valence electrons. The Bertz CT molecular complexity index is 2570. The molecule has 0 saturated heterocycles. The van der Waals surface area contributed by atoms with Crippen molar-refractivity contribution in [2.24, 2.45) is 0 Å². The number of hydrogen-bond acceptors (Lipinski definition) is 2. The van der Waals surface area contributed by atoms with E-state index in [0.717, 1.165) is 11.4 Å². The monoisotopic (exact) mass is 638 g/mol. The Morgan fingerprint density at radius 2 is 1.06 bits per heavy atom. The molecule has 2 aliphatic carbocycles. The largest absolute Gasteiger partial charge is 0.310 e. The molecule has 0 aliphatic heterocycles. The Morgan fingerprint density at radius 1 is 0.440 bits per heavy atom. The maximum atomic E-state index is 4.44. The van der Waals surface area contributed by atoms with E-state index in [-0.39, 0.29) is 5.41 Å². The molecule has 1 heterocycles. The van der Waals surface area contributed by atoms with Crippen molar-refractivity contribution in [1.82, 2.24) is 4.98 Å². The lowest BCUT2D eigenvalue weighted by atomic mass is 9.82. The fraction of sp³-hybridized carbons (Fsp3) is 0.0625. The van der Waals surface area contributed by atoms with Crippen LogP contribution in [0.1, 0.15) is 25.0 Å². The molecule has 0 amide bonds. The third-order valence-corrected chi connectivity index (χ3v) is 10.9. The van der Waals surface area contributed by atoms with E-state index in [9.17, 15) is 0 Å². The van der Waals surface area contributed by atoms with Crippen LogP contribution < -0.4 is 4.90 Å². The van der Waals surface area contributed by atoms with Crippen molar-refractivity contribution < 1.29 is 0 Å². The van der Waals surface area contributed by atoms with Gasteiger partial charge in [0.2, 0.25) is 0 Å². The summed E-state index contributed by atoms with van der Waals surface area (Å²) in [4.78, 5) is 6.88. The van der Waals surface area contributed by atoms with Crippen LogP contribution in [-0.4, -0.2) is 4.98 Å². The number of nitrogens with zero attached hydrogens (tertiary/aromatic N) is 2. The highest BCUT2D eigenvalue weighted by Crippen LogP contribution is 2.54. The van der Waals surface area contributed by atoms with Gasteiger partial charge in [0, 0.05) is 40.3 Å². The van der Waals surface area contributed by atoms with Gasteiger partial charge in [-0.3, -0.25) is 4.98 Å². The number of fused-ring (bicyclic) bond motifs is 6. The first kappa shape index (κ1) is 28.7. The molecular weight excluding hydrogens is 605 g/mol. The quantitative estimate of drug-likeness (QED) is 0.186. The molecule has 0 atom stereocenters. The molecule has 0 N–H and O–H groups in total. The van der Waals surface area contributed by atoms with Crippen LogP contribution in [0.15, 0.2) is 170 Å². The second-order valence-electron chi connectivity index (χ2n) is 14.0. The number of hydrogen-bond donors (Lipinski definition) is 0. The summed E-state index contributed by atoms with van der Waals surface area (Å²) in [5, 5.41) is 2.59. The van der Waals surface area contributed by atoms with Gasteiger partial charge in [-0.2, -0.15) is 0 Å². The molecule has 0 radical (unpaired) electrons. The lowest BCUT2D eigenvalue weighted by Crippen LogP contribution is -2.16. The molecule has 0 spiro atoms. The molecule has 0 fully saturated rings. The van der Waals surface area contributed by atoms with Crippen LogP contribution in [0.3, 0.4) is 0 Å². The summed E-state index contributed by atoms with van der Waals surface area (Å²) < 4.78 is 0. The second-order valence-corrected chi connectivity index (χ2v) is 14.0. The first-order valence-corrected chi connectivity index (χ1v) is 17.4. The lowest BCUT2D eigenvalue weighted by Gasteiger charge is -2.29. The van der Waals surface area contributed by atoms with E-state index < -0.39 is 0 Å². The van der Waals surface area contributed by atoms with Crippen molar-refractivity contribution in [2.45, 2.75) is 19.3 Å². The molecular formula is C48H34N2. The van der Waals surface area contributed by atoms with E-state index in [1.54, 1.807) is 0 Å². The van der Waals surface area contributed by atoms with E-state index in [1.807, 2.05) is 12.4 Å². The van der Waals surface area contributed by atoms with Gasteiger partial charge in [-0.1, -0.05) is 135 Å². The van der Waals surface area contributed by atoms with Crippen LogP contribution in [0, 0.1) is 0 Å². The third-order valence-electron chi connectivity index (χ3n) is 10.9. The highest BCUT2D eigenvalue weighted by Gasteiger charge is 2.37. The second kappa shape index (κ2) is 10.9. The Labute approximate surface area is 293 Å². The summed E-state index contributed by atoms with van der Waals surface area (Å²) in [5.74, 6) is 0. The Morgan fingerprint density at radius 3 is 1.86 bits per heavy atom. The zero-order valence-corrected chi connectivity index (χ0v) is 28.1. The van der Waals surface area contributed by atoms with Crippen molar-refractivity contribution >= 4 is 27.8 Å². The van der Waals surface area contributed by atoms with Gasteiger partial charge < -0.3 is 4.90 Å². The first-order valence-electron chi connectivity index (χ1n) is 17.4. The van der Waals surface area contributed by atoms with Crippen LogP contribution in [-0.2, 0) is 5.41 Å². The Kier molecular flexibility index (Phi) is 6.25. The van der Waals surface area contributed by atoms with Gasteiger partial charge >= 0.3 is 0 Å². The fourth-order valence-corrected chi connectivity index (χ4v) is 8.52. The minimum absolute atomic E-state index is 0.0832. The molecule has 10 rings (SSSR count). The predicted octanol–water partition coefficient (Wildman–Crippen LogP) is 13.0. The Hall–Kier alpha value is -6.25. The molecule has 0 bridgehead atoms. The number of pyridine rings is 1. The summed E-state index contributed by atoms with van der Waals surface area (Å²) in [6.45, 7) is 4.70. The van der Waals surface area contributed by atoms with E-state index in [1.165, 1.54) is 83.2 Å². The zero-order chi connectivity index (χ0) is 33.4. The van der Waals surface area contributed by atoms with Gasteiger partial charge in [0.25, 0.3) is 0 Å². The number of aromatic nitrogens is 1. The van der Waals surface area contributed by atoms with Crippen LogP contribution in [0.25, 0.3) is 66.4 Å². The smallest absolute Gasteiger partial charge is 0.0543 e. The van der Waals surface area contributed by atoms with E-state index >= 15 is 0 Å². The summed E-state index contributed by atoms with van der Waals surface area (Å²) in [6, 6.07) is 57.9. The van der Waals surface area contributed by atoms with Gasteiger partial charge in [0.05, 0.1) is 5.69 Å². The predicted molar refractivity (Wildman–Crippen MR) is 209 cm³/mol. The topological polar surface area (TPSA) is 16.1 Å². The Balaban J connectivity index is 1.12. The SMILES string of the molecule is CC1(C)c2ccccc2-c2c(N(c3ccc(-c4ccccc4)cc3)c3ccc(-c4ccc5c6c(cccc46)-c4cnccc4-5)cc3)cccc21. The average molecular weight is 639 g/mol. The van der Waals surface area contributed by atoms with Crippen LogP contribution in [0.2, 0.25) is 0 Å². The summed E-state index contributed by atoms with van der Waals surface area (Å²) in [7, 11) is 0. The fourth-order valence-electron chi connectivity index (χ4n) is 8.52. The molecule has 2 aliphatic rings. The first-order chi connectivity index (χ1) is 24.6. The van der Waals surface area contributed by atoms with Gasteiger partial charge in [-0.25, -0.2) is 0 Å². The van der Waals surface area contributed by atoms with Gasteiger partial charge in [-0.05, 0) is 103 Å². The minimum atomic E-state index is -0.0832. The van der Waals surface area contributed by atoms with Gasteiger partial charge in [0.15, 0.2) is 0 Å². The van der Waals surface area contributed by atoms with Gasteiger partial charge in [0.1, 0.15) is 0 Å². The minimum Gasteiger partial charge on any atom is -0.310 e. The van der Waals surface area contributed by atoms with Crippen molar-refractivity contribution in [3.63, 3.8) is 0 Å². The average Bonchev–Trinajstić information content (AvgIpc) is 3.63. The molecule has 1 aromatic heterocycles. The molecule has 2 nitrogen and oxygen atoms in total. The zero-order valence-electron chi connectivity index (χ0n) is 28.1. The molecule has 7 aromatic carbocycles. The maximum Gasteiger partial charge on any atom is 0.0543 e. The van der Waals surface area contributed by atoms with E-state index in [4.69, 9.17) is 0 Å². The third kappa shape index (κ3) is 4.18. The molecule has 0 unspecified atom stereocenters. The van der Waals surface area contributed by atoms with Crippen molar-refractivity contribution in [2.75, 3.05) is 4.90 Å². The van der Waals surface area contributed by atoms with Crippen molar-refractivity contribution in [3.8, 4) is 55.6 Å². The summed E-state index contributed by atoms with van der Waals surface area (Å²) in [5.41, 5.74) is 18.6. The van der Waals surface area contributed by atoms with E-state index in [2.05, 4.69) is 181 Å². The highest BCUT2D eigenvalue weighted by molar-refractivity contribution is 6.18. The van der Waals surface area contributed by atoms with E-state index in [0.29, 0.717) is 0 Å². The lowest BCUT2D eigenvalue weighted by molar-refractivity contribution is 0.660. The van der Waals surface area contributed by atoms with Crippen molar-refractivity contribution in [1.29, 1.82) is 0 Å². The van der Waals surface area contributed by atoms with Gasteiger partial charge in [-0.15, -0.1) is 0 Å². The highest BCUT2D eigenvalue weighted by atomic mass is 15.1. The number of rotatable bonds is 5. The summed E-state index contributed by atoms with van der Waals surface area (Å²) in [6.07, 6.45) is 3.89. The number of anilines is 3. The molecule has 8 aromatic rings. The maximum absolute atomic E-state index is 4.44. The van der Waals surface area contributed by atoms with Crippen LogP contribution >= 0.6 is 0 Å². The molecule has 50 heavy (non-hydrogen) atoms. The van der Waals surface area contributed by atoms with Crippen molar-refractivity contribution in [3.05, 3.63) is 181 Å². The van der Waals surface area contributed by atoms with Crippen LogP contribution in [0.4, 0.5) is 17.1 Å². The standard InChI is InChI=1S/C48H34N2/c1-48(2)43-15-7-6-12-41(43)47-44(48)16-9-17-45(47)50(34-22-18-32(19-23-34)31-10-4-3-5-11-31)35-24-20-33(21-25-35)36-26-27-40-37-28-29-49-30-42(37)39-14-8-13-38(36)46(39)40/h3-30H,1-2H3. The molecule has 0 saturated carbocycles. The number of benzene rings is 7.